The summed E-state index contributed by atoms with van der Waals surface area (Å²) in [6, 6.07) is 5.50. The Morgan fingerprint density at radius 3 is 3.00 bits per heavy atom. The standard InChI is InChI=1S/C16H13N3O3S/c1-9-15(21)18(2)11-7-10(3-4-13(11)22-9)14-12(8-20)19-5-6-23-16(19)17-14/h3-9H,1-2H3. The van der Waals surface area contributed by atoms with E-state index in [2.05, 4.69) is 4.98 Å². The van der Waals surface area contributed by atoms with Gasteiger partial charge in [-0.3, -0.25) is 14.0 Å². The Balaban J connectivity index is 1.88. The van der Waals surface area contributed by atoms with Crippen LogP contribution >= 0.6 is 11.3 Å². The van der Waals surface area contributed by atoms with Crippen LogP contribution < -0.4 is 9.64 Å². The number of aromatic nitrogens is 2. The minimum Gasteiger partial charge on any atom is -0.479 e. The highest BCUT2D eigenvalue weighted by molar-refractivity contribution is 7.15. The number of benzene rings is 1. The number of hydrogen-bond donors (Lipinski definition) is 0. The number of amides is 1. The number of aldehydes is 1. The first-order valence-electron chi connectivity index (χ1n) is 7.09. The summed E-state index contributed by atoms with van der Waals surface area (Å²) in [7, 11) is 1.72. The lowest BCUT2D eigenvalue weighted by Gasteiger charge is -2.30. The summed E-state index contributed by atoms with van der Waals surface area (Å²) < 4.78 is 7.39. The first-order valence-corrected chi connectivity index (χ1v) is 7.97. The zero-order valence-corrected chi connectivity index (χ0v) is 13.3. The number of carbonyl (C=O) groups excluding carboxylic acids is 2. The van der Waals surface area contributed by atoms with Gasteiger partial charge in [-0.25, -0.2) is 4.98 Å². The Morgan fingerprint density at radius 2 is 2.22 bits per heavy atom. The lowest BCUT2D eigenvalue weighted by Crippen LogP contribution is -2.41. The number of rotatable bonds is 2. The zero-order valence-electron chi connectivity index (χ0n) is 12.5. The molecule has 0 saturated heterocycles. The van der Waals surface area contributed by atoms with E-state index in [0.29, 0.717) is 22.8 Å². The molecule has 0 bridgehead atoms. The number of ether oxygens (including phenoxy) is 1. The van der Waals surface area contributed by atoms with E-state index >= 15 is 0 Å². The molecule has 6 nitrogen and oxygen atoms in total. The number of carbonyl (C=O) groups is 2. The molecule has 1 aliphatic heterocycles. The van der Waals surface area contributed by atoms with Crippen LogP contribution in [0.5, 0.6) is 5.75 Å². The predicted molar refractivity (Wildman–Crippen MR) is 87.4 cm³/mol. The molecular formula is C16H13N3O3S. The molecule has 1 aliphatic rings. The fourth-order valence-electron chi connectivity index (χ4n) is 2.79. The van der Waals surface area contributed by atoms with E-state index in [9.17, 15) is 9.59 Å². The van der Waals surface area contributed by atoms with E-state index < -0.39 is 6.10 Å². The Bertz CT molecular complexity index is 943. The third-order valence-electron chi connectivity index (χ3n) is 3.99. The molecule has 0 aliphatic carbocycles. The molecule has 1 atom stereocenters. The van der Waals surface area contributed by atoms with Gasteiger partial charge in [-0.05, 0) is 25.1 Å². The molecule has 3 aromatic rings. The summed E-state index contributed by atoms with van der Waals surface area (Å²) in [5, 5.41) is 1.88. The van der Waals surface area contributed by atoms with Gasteiger partial charge in [-0.2, -0.15) is 0 Å². The number of likely N-dealkylation sites (N-methyl/N-ethyl adjacent to an activating group) is 1. The van der Waals surface area contributed by atoms with Crippen molar-refractivity contribution in [1.29, 1.82) is 0 Å². The van der Waals surface area contributed by atoms with Crippen molar-refractivity contribution in [2.24, 2.45) is 0 Å². The maximum Gasteiger partial charge on any atom is 0.267 e. The Hall–Kier alpha value is -2.67. The van der Waals surface area contributed by atoms with E-state index in [1.807, 2.05) is 29.8 Å². The smallest absolute Gasteiger partial charge is 0.267 e. The molecular weight excluding hydrogens is 314 g/mol. The Labute approximate surface area is 135 Å². The Kier molecular flexibility index (Phi) is 2.99. The molecule has 2 aromatic heterocycles. The molecule has 0 saturated carbocycles. The van der Waals surface area contributed by atoms with Crippen molar-refractivity contribution >= 4 is 34.2 Å². The highest BCUT2D eigenvalue weighted by Crippen LogP contribution is 2.37. The van der Waals surface area contributed by atoms with Crippen molar-refractivity contribution in [3.05, 3.63) is 35.5 Å². The van der Waals surface area contributed by atoms with Gasteiger partial charge in [0, 0.05) is 24.2 Å². The van der Waals surface area contributed by atoms with Gasteiger partial charge >= 0.3 is 0 Å². The largest absolute Gasteiger partial charge is 0.479 e. The maximum absolute atomic E-state index is 12.1. The summed E-state index contributed by atoms with van der Waals surface area (Å²) >= 11 is 1.47. The van der Waals surface area contributed by atoms with Gasteiger partial charge in [-0.1, -0.05) is 0 Å². The second kappa shape index (κ2) is 4.92. The molecule has 116 valence electrons. The van der Waals surface area contributed by atoms with Gasteiger partial charge in [0.2, 0.25) is 0 Å². The first kappa shape index (κ1) is 14.0. The highest BCUT2D eigenvalue weighted by Gasteiger charge is 2.29. The summed E-state index contributed by atoms with van der Waals surface area (Å²) in [6.07, 6.45) is 2.12. The van der Waals surface area contributed by atoms with Gasteiger partial charge in [0.05, 0.1) is 5.69 Å². The van der Waals surface area contributed by atoms with Crippen LogP contribution in [0.15, 0.2) is 29.8 Å². The van der Waals surface area contributed by atoms with Crippen molar-refractivity contribution in [3.63, 3.8) is 0 Å². The average molecular weight is 327 g/mol. The van der Waals surface area contributed by atoms with Crippen LogP contribution in [0, 0.1) is 0 Å². The normalized spacial score (nSPS) is 17.2. The Morgan fingerprint density at radius 1 is 1.39 bits per heavy atom. The lowest BCUT2D eigenvalue weighted by molar-refractivity contribution is -0.125. The third-order valence-corrected chi connectivity index (χ3v) is 4.74. The third kappa shape index (κ3) is 1.97. The zero-order chi connectivity index (χ0) is 16.1. The van der Waals surface area contributed by atoms with Crippen LogP contribution in [0.1, 0.15) is 17.4 Å². The van der Waals surface area contributed by atoms with Crippen molar-refractivity contribution in [2.45, 2.75) is 13.0 Å². The fourth-order valence-corrected chi connectivity index (χ4v) is 3.51. The van der Waals surface area contributed by atoms with Crippen LogP contribution in [0.4, 0.5) is 5.69 Å². The number of thiazole rings is 1. The van der Waals surface area contributed by atoms with Gasteiger partial charge in [-0.15, -0.1) is 11.3 Å². The summed E-state index contributed by atoms with van der Waals surface area (Å²) in [6.45, 7) is 1.73. The minimum atomic E-state index is -0.498. The highest BCUT2D eigenvalue weighted by atomic mass is 32.1. The van der Waals surface area contributed by atoms with Gasteiger partial charge in [0.25, 0.3) is 5.91 Å². The molecule has 3 heterocycles. The number of anilines is 1. The van der Waals surface area contributed by atoms with Gasteiger partial charge in [0.15, 0.2) is 17.4 Å². The summed E-state index contributed by atoms with van der Waals surface area (Å²) in [5.41, 5.74) is 2.56. The van der Waals surface area contributed by atoms with Crippen LogP contribution in [-0.4, -0.2) is 34.7 Å². The topological polar surface area (TPSA) is 63.9 Å². The molecule has 0 fully saturated rings. The van der Waals surface area contributed by atoms with Crippen LogP contribution in [0.3, 0.4) is 0 Å². The molecule has 0 spiro atoms. The predicted octanol–water partition coefficient (Wildman–Crippen LogP) is 2.62. The van der Waals surface area contributed by atoms with E-state index in [4.69, 9.17) is 4.74 Å². The second-order valence-electron chi connectivity index (χ2n) is 5.36. The average Bonchev–Trinajstić information content (AvgIpc) is 3.13. The summed E-state index contributed by atoms with van der Waals surface area (Å²) in [5.74, 6) is 0.549. The lowest BCUT2D eigenvalue weighted by atomic mass is 10.1. The number of hydrogen-bond acceptors (Lipinski definition) is 5. The van der Waals surface area contributed by atoms with Crippen LogP contribution in [-0.2, 0) is 4.79 Å². The van der Waals surface area contributed by atoms with E-state index in [1.54, 1.807) is 23.3 Å². The first-order chi connectivity index (χ1) is 11.1. The number of fused-ring (bicyclic) bond motifs is 2. The number of nitrogens with zero attached hydrogens (tertiary/aromatic N) is 3. The monoisotopic (exact) mass is 327 g/mol. The molecule has 0 N–H and O–H groups in total. The van der Waals surface area contributed by atoms with E-state index in [1.165, 1.54) is 11.3 Å². The molecule has 1 amide bonds. The molecule has 23 heavy (non-hydrogen) atoms. The minimum absolute atomic E-state index is 0.101. The van der Waals surface area contributed by atoms with E-state index in [0.717, 1.165) is 16.8 Å². The maximum atomic E-state index is 12.1. The molecule has 0 radical (unpaired) electrons. The quantitative estimate of drug-likeness (QED) is 0.679. The van der Waals surface area contributed by atoms with Crippen LogP contribution in [0.25, 0.3) is 16.2 Å². The van der Waals surface area contributed by atoms with Crippen molar-refractivity contribution in [1.82, 2.24) is 9.38 Å². The van der Waals surface area contributed by atoms with Crippen LogP contribution in [0.2, 0.25) is 0 Å². The van der Waals surface area contributed by atoms with Gasteiger partial charge < -0.3 is 9.64 Å². The molecule has 7 heteroatoms. The number of imidazole rings is 1. The van der Waals surface area contributed by atoms with Crippen molar-refractivity contribution < 1.29 is 14.3 Å². The second-order valence-corrected chi connectivity index (χ2v) is 6.23. The van der Waals surface area contributed by atoms with Crippen molar-refractivity contribution in [2.75, 3.05) is 11.9 Å². The van der Waals surface area contributed by atoms with E-state index in [-0.39, 0.29) is 5.91 Å². The fraction of sp³-hybridized carbons (Fsp3) is 0.188. The van der Waals surface area contributed by atoms with Gasteiger partial charge in [0.1, 0.15) is 17.1 Å². The SMILES string of the molecule is CC1Oc2ccc(-c3nc4sccn4c3C=O)cc2N(C)C1=O. The summed E-state index contributed by atoms with van der Waals surface area (Å²) in [4.78, 5) is 30.4. The molecule has 1 unspecified atom stereocenters. The molecule has 4 rings (SSSR count). The molecule has 1 aromatic carbocycles. The van der Waals surface area contributed by atoms with Crippen molar-refractivity contribution in [3.8, 4) is 17.0 Å².